The van der Waals surface area contributed by atoms with E-state index >= 15 is 0 Å². The van der Waals surface area contributed by atoms with Crippen LogP contribution in [0, 0.1) is 5.41 Å². The van der Waals surface area contributed by atoms with Gasteiger partial charge in [-0.3, -0.25) is 9.59 Å². The molecule has 1 aromatic carbocycles. The number of hydrogen-bond donors (Lipinski definition) is 3. The lowest BCUT2D eigenvalue weighted by Gasteiger charge is -2.37. The number of piperidine rings is 1. The minimum Gasteiger partial charge on any atom is -0.493 e. The number of methoxy groups -OCH3 is 1. The van der Waals surface area contributed by atoms with Crippen LogP contribution >= 0.6 is 12.4 Å². The van der Waals surface area contributed by atoms with Crippen LogP contribution in [0.5, 0.6) is 5.75 Å². The minimum atomic E-state index is -0.506. The molecule has 0 unspecified atom stereocenters. The van der Waals surface area contributed by atoms with Gasteiger partial charge in [0.15, 0.2) is 0 Å². The van der Waals surface area contributed by atoms with E-state index < -0.39 is 5.91 Å². The molecule has 1 aliphatic rings. The van der Waals surface area contributed by atoms with Crippen LogP contribution in [0.15, 0.2) is 24.3 Å². The van der Waals surface area contributed by atoms with Crippen LogP contribution in [-0.4, -0.2) is 51.8 Å². The molecule has 2 amide bonds. The van der Waals surface area contributed by atoms with Gasteiger partial charge in [0.2, 0.25) is 11.8 Å². The first-order valence-corrected chi connectivity index (χ1v) is 8.54. The highest BCUT2D eigenvalue weighted by Crippen LogP contribution is 2.28. The fourth-order valence-electron chi connectivity index (χ4n) is 3.01. The lowest BCUT2D eigenvalue weighted by atomic mass is 9.79. The van der Waals surface area contributed by atoms with Gasteiger partial charge >= 0.3 is 0 Å². The first-order chi connectivity index (χ1) is 12.0. The zero-order valence-corrected chi connectivity index (χ0v) is 15.9. The highest BCUT2D eigenvalue weighted by atomic mass is 35.5. The molecule has 0 bridgehead atoms. The Balaban J connectivity index is 0.00000338. The fourth-order valence-corrected chi connectivity index (χ4v) is 3.01. The van der Waals surface area contributed by atoms with Crippen LogP contribution in [0.3, 0.4) is 0 Å². The quantitative estimate of drug-likeness (QED) is 0.591. The van der Waals surface area contributed by atoms with Crippen molar-refractivity contribution in [3.05, 3.63) is 29.8 Å². The van der Waals surface area contributed by atoms with E-state index in [-0.39, 0.29) is 36.8 Å². The van der Waals surface area contributed by atoms with E-state index in [4.69, 9.17) is 15.2 Å². The minimum absolute atomic E-state index is 0. The molecular formula is C18H28ClN3O4. The van der Waals surface area contributed by atoms with E-state index in [1.54, 1.807) is 31.4 Å². The summed E-state index contributed by atoms with van der Waals surface area (Å²) in [7, 11) is 1.69. The molecule has 1 heterocycles. The number of benzene rings is 1. The number of nitrogens with two attached hydrogens (primary N) is 1. The van der Waals surface area contributed by atoms with Crippen LogP contribution < -0.4 is 21.1 Å². The summed E-state index contributed by atoms with van der Waals surface area (Å²) in [4.78, 5) is 23.2. The fraction of sp³-hybridized carbons (Fsp3) is 0.556. The van der Waals surface area contributed by atoms with Crippen molar-refractivity contribution < 1.29 is 19.1 Å². The van der Waals surface area contributed by atoms with E-state index in [0.29, 0.717) is 24.5 Å². The van der Waals surface area contributed by atoms with Crippen LogP contribution in [0.2, 0.25) is 0 Å². The van der Waals surface area contributed by atoms with Gasteiger partial charge in [-0.15, -0.1) is 12.4 Å². The van der Waals surface area contributed by atoms with Crippen molar-refractivity contribution >= 4 is 24.2 Å². The van der Waals surface area contributed by atoms with Crippen molar-refractivity contribution in [2.45, 2.75) is 19.3 Å². The second kappa shape index (κ2) is 11.0. The zero-order chi connectivity index (χ0) is 18.1. The summed E-state index contributed by atoms with van der Waals surface area (Å²) in [6.07, 6.45) is 2.22. The van der Waals surface area contributed by atoms with E-state index in [1.165, 1.54) is 0 Å². The Labute approximate surface area is 160 Å². The molecule has 8 heteroatoms. The highest BCUT2D eigenvalue weighted by molar-refractivity contribution is 5.93. The number of ether oxygens (including phenoxy) is 2. The van der Waals surface area contributed by atoms with Crippen LogP contribution in [0.25, 0.3) is 0 Å². The third kappa shape index (κ3) is 6.82. The number of primary amides is 1. The van der Waals surface area contributed by atoms with Crippen molar-refractivity contribution in [3.8, 4) is 5.75 Å². The molecule has 4 N–H and O–H groups in total. The maximum atomic E-state index is 12.1. The molecular weight excluding hydrogens is 358 g/mol. The van der Waals surface area contributed by atoms with Gasteiger partial charge in [-0.25, -0.2) is 0 Å². The van der Waals surface area contributed by atoms with Crippen molar-refractivity contribution in [2.75, 3.05) is 40.0 Å². The Morgan fingerprint density at radius 3 is 2.69 bits per heavy atom. The highest BCUT2D eigenvalue weighted by Gasteiger charge is 2.32. The zero-order valence-electron chi connectivity index (χ0n) is 15.1. The molecule has 2 rings (SSSR count). The summed E-state index contributed by atoms with van der Waals surface area (Å²) < 4.78 is 10.9. The lowest BCUT2D eigenvalue weighted by Crippen LogP contribution is -2.47. The number of rotatable bonds is 9. The van der Waals surface area contributed by atoms with Gasteiger partial charge in [0.1, 0.15) is 5.75 Å². The molecule has 1 fully saturated rings. The van der Waals surface area contributed by atoms with Crippen molar-refractivity contribution in [1.82, 2.24) is 10.6 Å². The molecule has 0 saturated carbocycles. The van der Waals surface area contributed by atoms with Gasteiger partial charge in [0, 0.05) is 24.6 Å². The Hall–Kier alpha value is -1.83. The molecule has 0 radical (unpaired) electrons. The van der Waals surface area contributed by atoms with Gasteiger partial charge in [0.25, 0.3) is 0 Å². The topological polar surface area (TPSA) is 103 Å². The Kier molecular flexibility index (Phi) is 9.40. The molecule has 1 aliphatic heterocycles. The molecule has 1 saturated heterocycles. The van der Waals surface area contributed by atoms with E-state index in [0.717, 1.165) is 25.9 Å². The molecule has 7 nitrogen and oxygen atoms in total. The molecule has 0 spiro atoms. The molecule has 146 valence electrons. The largest absolute Gasteiger partial charge is 0.493 e. The lowest BCUT2D eigenvalue weighted by molar-refractivity contribution is -0.122. The normalized spacial score (nSPS) is 15.6. The predicted molar refractivity (Wildman–Crippen MR) is 102 cm³/mol. The second-order valence-corrected chi connectivity index (χ2v) is 6.45. The first-order valence-electron chi connectivity index (χ1n) is 8.54. The van der Waals surface area contributed by atoms with E-state index in [1.807, 2.05) is 0 Å². The average Bonchev–Trinajstić information content (AvgIpc) is 2.61. The number of carbonyl (C=O) groups excluding carboxylic acids is 2. The third-order valence-electron chi connectivity index (χ3n) is 4.49. The third-order valence-corrected chi connectivity index (χ3v) is 4.49. The van der Waals surface area contributed by atoms with Crippen LogP contribution in [0.4, 0.5) is 0 Å². The average molecular weight is 386 g/mol. The first kappa shape index (κ1) is 22.2. The van der Waals surface area contributed by atoms with Crippen LogP contribution in [0.1, 0.15) is 29.6 Å². The van der Waals surface area contributed by atoms with Crippen molar-refractivity contribution in [2.24, 2.45) is 11.1 Å². The standard InChI is InChI=1S/C18H27N3O4.ClH/c1-24-13-18(6-8-20-9-7-18)12-21-16(22)5-10-25-15-4-2-3-14(11-15)17(19)23;/h2-4,11,20H,5-10,12-13H2,1H3,(H2,19,23)(H,21,22);1H. The van der Waals surface area contributed by atoms with Crippen molar-refractivity contribution in [1.29, 1.82) is 0 Å². The maximum absolute atomic E-state index is 12.1. The smallest absolute Gasteiger partial charge is 0.248 e. The number of carbonyl (C=O) groups is 2. The number of hydrogen-bond acceptors (Lipinski definition) is 5. The summed E-state index contributed by atoms with van der Waals surface area (Å²) in [5, 5.41) is 6.32. The van der Waals surface area contributed by atoms with Gasteiger partial charge in [0.05, 0.1) is 19.6 Å². The Bertz CT molecular complexity index is 586. The summed E-state index contributed by atoms with van der Waals surface area (Å²) >= 11 is 0. The molecule has 1 aromatic rings. The van der Waals surface area contributed by atoms with Crippen LogP contribution in [-0.2, 0) is 9.53 Å². The second-order valence-electron chi connectivity index (χ2n) is 6.45. The SMILES string of the molecule is COCC1(CNC(=O)CCOc2cccc(C(N)=O)c2)CCNCC1.Cl. The summed E-state index contributed by atoms with van der Waals surface area (Å²) in [6.45, 7) is 3.38. The number of amides is 2. The Morgan fingerprint density at radius 2 is 2.04 bits per heavy atom. The maximum Gasteiger partial charge on any atom is 0.248 e. The molecule has 26 heavy (non-hydrogen) atoms. The van der Waals surface area contributed by atoms with Gasteiger partial charge < -0.3 is 25.8 Å². The van der Waals surface area contributed by atoms with E-state index in [2.05, 4.69) is 10.6 Å². The van der Waals surface area contributed by atoms with Crippen molar-refractivity contribution in [3.63, 3.8) is 0 Å². The molecule has 0 aliphatic carbocycles. The summed E-state index contributed by atoms with van der Waals surface area (Å²) in [6, 6.07) is 6.62. The monoisotopic (exact) mass is 385 g/mol. The van der Waals surface area contributed by atoms with Gasteiger partial charge in [-0.1, -0.05) is 6.07 Å². The predicted octanol–water partition coefficient (Wildman–Crippen LogP) is 1.11. The number of halogens is 1. The number of nitrogens with one attached hydrogen (secondary N) is 2. The Morgan fingerprint density at radius 1 is 1.31 bits per heavy atom. The summed E-state index contributed by atoms with van der Waals surface area (Å²) in [5.74, 6) is -0.0352. The molecule has 0 aromatic heterocycles. The van der Waals surface area contributed by atoms with Gasteiger partial charge in [-0.2, -0.15) is 0 Å². The van der Waals surface area contributed by atoms with Gasteiger partial charge in [-0.05, 0) is 44.1 Å². The van der Waals surface area contributed by atoms with E-state index in [9.17, 15) is 9.59 Å². The molecule has 0 atom stereocenters. The summed E-state index contributed by atoms with van der Waals surface area (Å²) in [5.41, 5.74) is 5.62.